The number of piperazine rings is 1. The Labute approximate surface area is 179 Å². The van der Waals surface area contributed by atoms with Crippen LogP contribution in [0.25, 0.3) is 5.82 Å². The van der Waals surface area contributed by atoms with Gasteiger partial charge in [-0.1, -0.05) is 11.6 Å². The lowest BCUT2D eigenvalue weighted by molar-refractivity contribution is 0.0746. The number of carbonyl (C=O) groups excluding carboxylic acids is 1. The van der Waals surface area contributed by atoms with Crippen molar-refractivity contribution in [1.29, 1.82) is 0 Å². The van der Waals surface area contributed by atoms with E-state index in [1.807, 2.05) is 37.6 Å². The van der Waals surface area contributed by atoms with E-state index in [1.54, 1.807) is 4.90 Å². The van der Waals surface area contributed by atoms with Crippen LogP contribution >= 0.6 is 11.6 Å². The van der Waals surface area contributed by atoms with Gasteiger partial charge < -0.3 is 9.80 Å². The molecule has 0 unspecified atom stereocenters. The van der Waals surface area contributed by atoms with Crippen LogP contribution in [-0.4, -0.2) is 56.7 Å². The number of hydrogen-bond donors (Lipinski definition) is 0. The van der Waals surface area contributed by atoms with E-state index in [0.29, 0.717) is 37.6 Å². The molecule has 156 valence electrons. The van der Waals surface area contributed by atoms with Crippen LogP contribution in [-0.2, 0) is 0 Å². The Morgan fingerprint density at radius 1 is 1.00 bits per heavy atom. The SMILES string of the molecule is Cc1cc(C)n(-c2cc(N3CCN(C(=O)c4ccc(F)cc4Cl)CC3)nc(C)n2)n1. The summed E-state index contributed by atoms with van der Waals surface area (Å²) < 4.78 is 15.1. The van der Waals surface area contributed by atoms with Crippen LogP contribution in [0, 0.1) is 26.6 Å². The summed E-state index contributed by atoms with van der Waals surface area (Å²) in [6.45, 7) is 8.07. The maximum absolute atomic E-state index is 13.3. The van der Waals surface area contributed by atoms with Gasteiger partial charge in [-0.15, -0.1) is 0 Å². The van der Waals surface area contributed by atoms with Gasteiger partial charge in [-0.2, -0.15) is 5.10 Å². The largest absolute Gasteiger partial charge is 0.353 e. The lowest BCUT2D eigenvalue weighted by Crippen LogP contribution is -2.49. The van der Waals surface area contributed by atoms with Gasteiger partial charge in [-0.05, 0) is 45.0 Å². The number of nitrogens with zero attached hydrogens (tertiary/aromatic N) is 6. The normalized spacial score (nSPS) is 14.3. The topological polar surface area (TPSA) is 67.2 Å². The second kappa shape index (κ2) is 8.02. The molecule has 3 aromatic rings. The molecule has 0 spiro atoms. The van der Waals surface area contributed by atoms with Crippen molar-refractivity contribution in [3.05, 3.63) is 63.9 Å². The van der Waals surface area contributed by atoms with Crippen molar-refractivity contribution in [2.24, 2.45) is 0 Å². The third-order valence-electron chi connectivity index (χ3n) is 5.09. The van der Waals surface area contributed by atoms with Crippen molar-refractivity contribution >= 4 is 23.3 Å². The lowest BCUT2D eigenvalue weighted by Gasteiger charge is -2.35. The maximum atomic E-state index is 13.3. The summed E-state index contributed by atoms with van der Waals surface area (Å²) in [6.07, 6.45) is 0. The van der Waals surface area contributed by atoms with Crippen LogP contribution < -0.4 is 4.90 Å². The quantitative estimate of drug-likeness (QED) is 0.640. The zero-order chi connectivity index (χ0) is 21.4. The summed E-state index contributed by atoms with van der Waals surface area (Å²) in [7, 11) is 0. The molecular formula is C21H22ClFN6O. The fraction of sp³-hybridized carbons (Fsp3) is 0.333. The van der Waals surface area contributed by atoms with Gasteiger partial charge in [0.25, 0.3) is 5.91 Å². The average molecular weight is 429 g/mol. The van der Waals surface area contributed by atoms with Gasteiger partial charge in [0.05, 0.1) is 16.3 Å². The standard InChI is InChI=1S/C21H22ClFN6O/c1-13-10-14(2)29(26-13)20-12-19(24-15(3)25-20)27-6-8-28(9-7-27)21(30)17-5-4-16(23)11-18(17)22/h4-5,10-12H,6-9H2,1-3H3. The Kier molecular flexibility index (Phi) is 5.42. The van der Waals surface area contributed by atoms with E-state index >= 15 is 0 Å². The van der Waals surface area contributed by atoms with Crippen molar-refractivity contribution in [2.75, 3.05) is 31.1 Å². The van der Waals surface area contributed by atoms with Gasteiger partial charge in [-0.25, -0.2) is 19.0 Å². The van der Waals surface area contributed by atoms with E-state index in [4.69, 9.17) is 11.6 Å². The first kappa shape index (κ1) is 20.3. The van der Waals surface area contributed by atoms with Gasteiger partial charge in [0.1, 0.15) is 17.5 Å². The van der Waals surface area contributed by atoms with Crippen molar-refractivity contribution < 1.29 is 9.18 Å². The molecule has 4 rings (SSSR count). The number of hydrogen-bond acceptors (Lipinski definition) is 5. The van der Waals surface area contributed by atoms with Crippen LogP contribution in [0.5, 0.6) is 0 Å². The fourth-order valence-electron chi connectivity index (χ4n) is 3.64. The number of carbonyl (C=O) groups is 1. The van der Waals surface area contributed by atoms with Crippen LogP contribution in [0.1, 0.15) is 27.6 Å². The van der Waals surface area contributed by atoms with E-state index < -0.39 is 5.82 Å². The van der Waals surface area contributed by atoms with E-state index in [1.165, 1.54) is 12.1 Å². The van der Waals surface area contributed by atoms with E-state index in [-0.39, 0.29) is 10.9 Å². The number of anilines is 1. The predicted molar refractivity (Wildman–Crippen MR) is 113 cm³/mol. The highest BCUT2D eigenvalue weighted by Gasteiger charge is 2.25. The highest BCUT2D eigenvalue weighted by atomic mass is 35.5. The number of rotatable bonds is 3. The van der Waals surface area contributed by atoms with Crippen LogP contribution in [0.4, 0.5) is 10.2 Å². The molecule has 0 bridgehead atoms. The summed E-state index contributed by atoms with van der Waals surface area (Å²) in [6, 6.07) is 7.76. The Balaban J connectivity index is 1.50. The fourth-order valence-corrected chi connectivity index (χ4v) is 3.89. The summed E-state index contributed by atoms with van der Waals surface area (Å²) in [4.78, 5) is 25.7. The molecule has 1 fully saturated rings. The van der Waals surface area contributed by atoms with Crippen molar-refractivity contribution in [3.63, 3.8) is 0 Å². The molecule has 0 atom stereocenters. The number of aromatic nitrogens is 4. The molecule has 3 heterocycles. The van der Waals surface area contributed by atoms with Gasteiger partial charge in [0.2, 0.25) is 0 Å². The second-order valence-corrected chi connectivity index (χ2v) is 7.78. The molecule has 2 aromatic heterocycles. The molecule has 0 N–H and O–H groups in total. The first-order valence-electron chi connectivity index (χ1n) is 9.70. The molecule has 1 aliphatic heterocycles. The zero-order valence-electron chi connectivity index (χ0n) is 17.1. The summed E-state index contributed by atoms with van der Waals surface area (Å²) >= 11 is 6.05. The Morgan fingerprint density at radius 2 is 1.70 bits per heavy atom. The Morgan fingerprint density at radius 3 is 2.33 bits per heavy atom. The number of benzene rings is 1. The minimum absolute atomic E-state index is 0.128. The molecule has 1 saturated heterocycles. The number of halogens is 2. The smallest absolute Gasteiger partial charge is 0.255 e. The van der Waals surface area contributed by atoms with E-state index in [0.717, 1.165) is 29.1 Å². The third-order valence-corrected chi connectivity index (χ3v) is 5.40. The van der Waals surface area contributed by atoms with Crippen molar-refractivity contribution in [3.8, 4) is 5.82 Å². The molecule has 1 aromatic carbocycles. The first-order chi connectivity index (χ1) is 14.3. The number of amides is 1. The van der Waals surface area contributed by atoms with Crippen LogP contribution in [0.2, 0.25) is 5.02 Å². The monoisotopic (exact) mass is 428 g/mol. The lowest BCUT2D eigenvalue weighted by atomic mass is 10.1. The zero-order valence-corrected chi connectivity index (χ0v) is 17.8. The van der Waals surface area contributed by atoms with Crippen molar-refractivity contribution in [2.45, 2.75) is 20.8 Å². The van der Waals surface area contributed by atoms with Gasteiger partial charge >= 0.3 is 0 Å². The molecule has 30 heavy (non-hydrogen) atoms. The molecule has 1 amide bonds. The molecule has 7 nitrogen and oxygen atoms in total. The van der Waals surface area contributed by atoms with Crippen LogP contribution in [0.3, 0.4) is 0 Å². The third kappa shape index (κ3) is 4.00. The predicted octanol–water partition coefficient (Wildman–Crippen LogP) is 3.34. The Bertz CT molecular complexity index is 1110. The van der Waals surface area contributed by atoms with Gasteiger partial charge in [0.15, 0.2) is 5.82 Å². The Hall–Kier alpha value is -3.00. The summed E-state index contributed by atoms with van der Waals surface area (Å²) in [5.74, 6) is 1.53. The summed E-state index contributed by atoms with van der Waals surface area (Å²) in [5.41, 5.74) is 2.25. The average Bonchev–Trinajstić information content (AvgIpc) is 3.05. The van der Waals surface area contributed by atoms with Gasteiger partial charge in [0, 0.05) is 37.9 Å². The highest BCUT2D eigenvalue weighted by molar-refractivity contribution is 6.33. The first-order valence-corrected chi connectivity index (χ1v) is 10.1. The minimum Gasteiger partial charge on any atom is -0.353 e. The van der Waals surface area contributed by atoms with Crippen molar-refractivity contribution in [1.82, 2.24) is 24.6 Å². The molecule has 0 saturated carbocycles. The molecule has 0 radical (unpaired) electrons. The van der Waals surface area contributed by atoms with E-state index in [9.17, 15) is 9.18 Å². The molecule has 9 heteroatoms. The highest BCUT2D eigenvalue weighted by Crippen LogP contribution is 2.22. The molecule has 1 aliphatic rings. The number of aryl methyl sites for hydroxylation is 3. The molecular weight excluding hydrogens is 407 g/mol. The van der Waals surface area contributed by atoms with Gasteiger partial charge in [-0.3, -0.25) is 4.79 Å². The second-order valence-electron chi connectivity index (χ2n) is 7.37. The van der Waals surface area contributed by atoms with E-state index in [2.05, 4.69) is 20.0 Å². The summed E-state index contributed by atoms with van der Waals surface area (Å²) in [5, 5.41) is 4.63. The minimum atomic E-state index is -0.459. The van der Waals surface area contributed by atoms with Crippen LogP contribution in [0.15, 0.2) is 30.3 Å². The maximum Gasteiger partial charge on any atom is 0.255 e. The molecule has 0 aliphatic carbocycles.